The molecule has 1 heterocycles. The Morgan fingerprint density at radius 2 is 1.68 bits per heavy atom. The van der Waals surface area contributed by atoms with Crippen molar-refractivity contribution >= 4 is 11.8 Å². The number of benzene rings is 1. The molecule has 1 saturated heterocycles. The first kappa shape index (κ1) is 14.8. The summed E-state index contributed by atoms with van der Waals surface area (Å²) in [6.45, 7) is 1.57. The maximum absolute atomic E-state index is 9.90. The van der Waals surface area contributed by atoms with Gasteiger partial charge in [0, 0.05) is 4.90 Å². The van der Waals surface area contributed by atoms with Crippen LogP contribution < -0.4 is 0 Å². The average Bonchev–Trinajstić information content (AvgIpc) is 2.42. The van der Waals surface area contributed by atoms with Gasteiger partial charge in [-0.25, -0.2) is 0 Å². The Hall–Kier alpha value is -0.630. The molecule has 0 spiro atoms. The first-order valence-electron chi connectivity index (χ1n) is 6.07. The van der Waals surface area contributed by atoms with Gasteiger partial charge in [0.25, 0.3) is 0 Å². The molecule has 1 aliphatic heterocycles. The number of ether oxygens (including phenoxy) is 1. The Kier molecular flexibility index (Phi) is 4.83. The van der Waals surface area contributed by atoms with E-state index in [0.29, 0.717) is 0 Å². The SMILES string of the molecule is Cc1ccc(SC2OC(CO)[C@@H](O)C(O)C2O)cc1. The summed E-state index contributed by atoms with van der Waals surface area (Å²) in [5.74, 6) is 0. The van der Waals surface area contributed by atoms with Gasteiger partial charge in [-0.1, -0.05) is 29.5 Å². The summed E-state index contributed by atoms with van der Waals surface area (Å²) in [5.41, 5.74) is 0.399. The molecule has 4 N–H and O–H groups in total. The number of aryl methyl sites for hydroxylation is 1. The van der Waals surface area contributed by atoms with Gasteiger partial charge in [0.2, 0.25) is 0 Å². The molecule has 5 nitrogen and oxygen atoms in total. The van der Waals surface area contributed by atoms with Crippen LogP contribution in [0.15, 0.2) is 29.2 Å². The highest BCUT2D eigenvalue weighted by atomic mass is 32.2. The van der Waals surface area contributed by atoms with Crippen LogP contribution in [-0.2, 0) is 4.74 Å². The smallest absolute Gasteiger partial charge is 0.136 e. The van der Waals surface area contributed by atoms with Crippen molar-refractivity contribution in [3.63, 3.8) is 0 Å². The zero-order chi connectivity index (χ0) is 14.0. The molecule has 1 aromatic rings. The standard InChI is InChI=1S/C13H18O5S/c1-7-2-4-8(5-3-7)19-13-12(17)11(16)10(15)9(6-14)18-13/h2-5,9-17H,6H2,1H3/t9?,10-,11?,12?,13?/m1/s1. The quantitative estimate of drug-likeness (QED) is 0.620. The number of aliphatic hydroxyl groups is 4. The highest BCUT2D eigenvalue weighted by Gasteiger charge is 2.43. The van der Waals surface area contributed by atoms with E-state index in [0.717, 1.165) is 10.5 Å². The van der Waals surface area contributed by atoms with E-state index in [1.165, 1.54) is 11.8 Å². The lowest BCUT2D eigenvalue weighted by atomic mass is 10.0. The second-order valence-corrected chi connectivity index (χ2v) is 5.80. The number of aliphatic hydroxyl groups excluding tert-OH is 4. The van der Waals surface area contributed by atoms with Crippen molar-refractivity contribution in [2.24, 2.45) is 0 Å². The van der Waals surface area contributed by atoms with Crippen molar-refractivity contribution in [2.45, 2.75) is 41.7 Å². The molecule has 1 aliphatic rings. The third kappa shape index (κ3) is 3.28. The summed E-state index contributed by atoms with van der Waals surface area (Å²) in [5, 5.41) is 38.4. The molecule has 106 valence electrons. The molecule has 1 fully saturated rings. The molecule has 4 unspecified atom stereocenters. The molecule has 0 aliphatic carbocycles. The van der Waals surface area contributed by atoms with Gasteiger partial charge < -0.3 is 25.2 Å². The van der Waals surface area contributed by atoms with E-state index in [1.807, 2.05) is 31.2 Å². The fourth-order valence-corrected chi connectivity index (χ4v) is 2.98. The Morgan fingerprint density at radius 1 is 1.05 bits per heavy atom. The summed E-state index contributed by atoms with van der Waals surface area (Å²) in [6, 6.07) is 7.65. The van der Waals surface area contributed by atoms with E-state index < -0.39 is 36.5 Å². The third-order valence-electron chi connectivity index (χ3n) is 3.12. The van der Waals surface area contributed by atoms with E-state index >= 15 is 0 Å². The highest BCUT2D eigenvalue weighted by Crippen LogP contribution is 2.33. The summed E-state index contributed by atoms with van der Waals surface area (Å²) >= 11 is 1.25. The number of thioether (sulfide) groups is 1. The predicted octanol–water partition coefficient (Wildman–Crippen LogP) is -0.113. The van der Waals surface area contributed by atoms with Crippen LogP contribution in [0.1, 0.15) is 5.56 Å². The van der Waals surface area contributed by atoms with Gasteiger partial charge in [-0.15, -0.1) is 0 Å². The molecule has 0 saturated carbocycles. The van der Waals surface area contributed by atoms with E-state index in [4.69, 9.17) is 9.84 Å². The van der Waals surface area contributed by atoms with Gasteiger partial charge in [0.1, 0.15) is 29.9 Å². The van der Waals surface area contributed by atoms with Crippen molar-refractivity contribution < 1.29 is 25.2 Å². The van der Waals surface area contributed by atoms with Gasteiger partial charge >= 0.3 is 0 Å². The maximum Gasteiger partial charge on any atom is 0.136 e. The molecule has 1 aromatic carbocycles. The molecular formula is C13H18O5S. The van der Waals surface area contributed by atoms with Gasteiger partial charge in [-0.05, 0) is 19.1 Å². The monoisotopic (exact) mass is 286 g/mol. The summed E-state index contributed by atoms with van der Waals surface area (Å²) < 4.78 is 5.42. The molecule has 0 aromatic heterocycles. The van der Waals surface area contributed by atoms with Gasteiger partial charge in [0.15, 0.2) is 0 Å². The first-order chi connectivity index (χ1) is 9.02. The zero-order valence-electron chi connectivity index (χ0n) is 10.5. The zero-order valence-corrected chi connectivity index (χ0v) is 11.3. The van der Waals surface area contributed by atoms with E-state index in [2.05, 4.69) is 0 Å². The Balaban J connectivity index is 2.08. The van der Waals surface area contributed by atoms with Gasteiger partial charge in [0.05, 0.1) is 6.61 Å². The van der Waals surface area contributed by atoms with Crippen LogP contribution in [0, 0.1) is 6.92 Å². The summed E-state index contributed by atoms with van der Waals surface area (Å²) in [4.78, 5) is 0.884. The third-order valence-corrected chi connectivity index (χ3v) is 4.29. The largest absolute Gasteiger partial charge is 0.394 e. The Bertz CT molecular complexity index is 408. The van der Waals surface area contributed by atoms with E-state index in [9.17, 15) is 15.3 Å². The molecule has 0 radical (unpaired) electrons. The van der Waals surface area contributed by atoms with Crippen LogP contribution >= 0.6 is 11.8 Å². The van der Waals surface area contributed by atoms with Crippen molar-refractivity contribution in [3.05, 3.63) is 29.8 Å². The topological polar surface area (TPSA) is 90.2 Å². The molecular weight excluding hydrogens is 268 g/mol. The van der Waals surface area contributed by atoms with E-state index in [-0.39, 0.29) is 0 Å². The van der Waals surface area contributed by atoms with Crippen molar-refractivity contribution in [1.29, 1.82) is 0 Å². The molecule has 0 amide bonds. The molecule has 5 atom stereocenters. The van der Waals surface area contributed by atoms with Crippen molar-refractivity contribution in [1.82, 2.24) is 0 Å². The minimum Gasteiger partial charge on any atom is -0.394 e. The lowest BCUT2D eigenvalue weighted by Crippen LogP contribution is -2.57. The van der Waals surface area contributed by atoms with E-state index in [1.54, 1.807) is 0 Å². The lowest BCUT2D eigenvalue weighted by molar-refractivity contribution is -0.205. The summed E-state index contributed by atoms with van der Waals surface area (Å²) in [6.07, 6.45) is -4.70. The fraction of sp³-hybridized carbons (Fsp3) is 0.538. The second-order valence-electron chi connectivity index (χ2n) is 4.63. The number of rotatable bonds is 3. The molecule has 6 heteroatoms. The first-order valence-corrected chi connectivity index (χ1v) is 6.94. The van der Waals surface area contributed by atoms with Gasteiger partial charge in [-0.3, -0.25) is 0 Å². The Morgan fingerprint density at radius 3 is 2.26 bits per heavy atom. The number of hydrogen-bond donors (Lipinski definition) is 4. The molecule has 2 rings (SSSR count). The van der Waals surface area contributed by atoms with Crippen LogP contribution in [0.5, 0.6) is 0 Å². The average molecular weight is 286 g/mol. The normalized spacial score (nSPS) is 35.3. The maximum atomic E-state index is 9.90. The molecule has 19 heavy (non-hydrogen) atoms. The van der Waals surface area contributed by atoms with Crippen LogP contribution in [0.2, 0.25) is 0 Å². The fourth-order valence-electron chi connectivity index (χ4n) is 1.92. The van der Waals surface area contributed by atoms with Crippen molar-refractivity contribution in [3.8, 4) is 0 Å². The van der Waals surface area contributed by atoms with Crippen LogP contribution in [0.3, 0.4) is 0 Å². The minimum absolute atomic E-state index is 0.407. The van der Waals surface area contributed by atoms with Crippen LogP contribution in [0.4, 0.5) is 0 Å². The molecule has 0 bridgehead atoms. The lowest BCUT2D eigenvalue weighted by Gasteiger charge is -2.39. The minimum atomic E-state index is -1.33. The van der Waals surface area contributed by atoms with Crippen molar-refractivity contribution in [2.75, 3.05) is 6.61 Å². The predicted molar refractivity (Wildman–Crippen MR) is 70.8 cm³/mol. The Labute approximate surface area is 115 Å². The van der Waals surface area contributed by atoms with Crippen LogP contribution in [0.25, 0.3) is 0 Å². The summed E-state index contributed by atoms with van der Waals surface area (Å²) in [7, 11) is 0. The highest BCUT2D eigenvalue weighted by molar-refractivity contribution is 7.99. The number of hydrogen-bond acceptors (Lipinski definition) is 6. The van der Waals surface area contributed by atoms with Crippen LogP contribution in [-0.4, -0.2) is 56.9 Å². The second kappa shape index (κ2) is 6.21. The van der Waals surface area contributed by atoms with Gasteiger partial charge in [-0.2, -0.15) is 0 Å².